The summed E-state index contributed by atoms with van der Waals surface area (Å²) in [5.41, 5.74) is -0.0447. The molecular weight excluding hydrogens is 255 g/mol. The maximum atomic E-state index is 12.4. The van der Waals surface area contributed by atoms with Gasteiger partial charge in [0.25, 0.3) is 0 Å². The summed E-state index contributed by atoms with van der Waals surface area (Å²) < 4.78 is 37.2. The van der Waals surface area contributed by atoms with E-state index >= 15 is 0 Å². The third-order valence-electron chi connectivity index (χ3n) is 3.60. The quantitative estimate of drug-likeness (QED) is 0.916. The van der Waals surface area contributed by atoms with Crippen LogP contribution in [0.25, 0.3) is 0 Å². The number of rotatable bonds is 3. The van der Waals surface area contributed by atoms with Crippen LogP contribution in [0.4, 0.5) is 13.2 Å². The number of ketones is 1. The van der Waals surface area contributed by atoms with Crippen molar-refractivity contribution in [3.8, 4) is 0 Å². The van der Waals surface area contributed by atoms with Gasteiger partial charge in [0, 0.05) is 18.4 Å². The van der Waals surface area contributed by atoms with Crippen LogP contribution in [-0.4, -0.2) is 18.4 Å². The van der Waals surface area contributed by atoms with E-state index in [1.807, 2.05) is 6.92 Å². The number of hydrogen-bond donors (Lipinski definition) is 1. The highest BCUT2D eigenvalue weighted by molar-refractivity contribution is 5.84. The fourth-order valence-electron chi connectivity index (χ4n) is 2.44. The van der Waals surface area contributed by atoms with Gasteiger partial charge in [-0.25, -0.2) is 0 Å². The summed E-state index contributed by atoms with van der Waals surface area (Å²) in [6.07, 6.45) is -3.32. The Morgan fingerprint density at radius 1 is 1.32 bits per heavy atom. The minimum Gasteiger partial charge on any atom is -0.314 e. The molecule has 1 saturated heterocycles. The summed E-state index contributed by atoms with van der Waals surface area (Å²) in [6, 6.07) is 4.97. The van der Waals surface area contributed by atoms with E-state index < -0.39 is 11.7 Å². The maximum absolute atomic E-state index is 12.4. The van der Waals surface area contributed by atoms with Crippen molar-refractivity contribution in [1.82, 2.24) is 5.32 Å². The number of halogens is 3. The van der Waals surface area contributed by atoms with Crippen molar-refractivity contribution in [1.29, 1.82) is 0 Å². The van der Waals surface area contributed by atoms with Gasteiger partial charge in [-0.05, 0) is 37.6 Å². The normalized spacial score (nSPS) is 23.6. The highest BCUT2D eigenvalue weighted by atomic mass is 19.4. The van der Waals surface area contributed by atoms with Crippen molar-refractivity contribution in [2.75, 3.05) is 6.54 Å². The van der Waals surface area contributed by atoms with E-state index in [9.17, 15) is 18.0 Å². The van der Waals surface area contributed by atoms with E-state index in [2.05, 4.69) is 5.32 Å². The highest BCUT2D eigenvalue weighted by Gasteiger charge is 2.31. The van der Waals surface area contributed by atoms with E-state index in [1.165, 1.54) is 12.1 Å². The average Bonchev–Trinajstić information content (AvgIpc) is 2.75. The van der Waals surface area contributed by atoms with Gasteiger partial charge >= 0.3 is 6.18 Å². The van der Waals surface area contributed by atoms with Crippen LogP contribution in [0.2, 0.25) is 0 Å². The Morgan fingerprint density at radius 2 is 1.95 bits per heavy atom. The molecule has 2 atom stereocenters. The van der Waals surface area contributed by atoms with Crippen LogP contribution in [0.1, 0.15) is 24.5 Å². The molecule has 1 aliphatic rings. The van der Waals surface area contributed by atoms with Gasteiger partial charge < -0.3 is 5.32 Å². The summed E-state index contributed by atoms with van der Waals surface area (Å²) in [4.78, 5) is 12.0. The number of carbonyl (C=O) groups is 1. The van der Waals surface area contributed by atoms with Crippen LogP contribution in [0.15, 0.2) is 24.3 Å². The van der Waals surface area contributed by atoms with Crippen molar-refractivity contribution in [3.63, 3.8) is 0 Å². The highest BCUT2D eigenvalue weighted by Crippen LogP contribution is 2.29. The Hall–Kier alpha value is -1.36. The van der Waals surface area contributed by atoms with E-state index in [4.69, 9.17) is 0 Å². The third kappa shape index (κ3) is 3.35. The molecule has 0 radical (unpaired) electrons. The van der Waals surface area contributed by atoms with Gasteiger partial charge in [-0.1, -0.05) is 12.1 Å². The maximum Gasteiger partial charge on any atom is 0.416 e. The van der Waals surface area contributed by atoms with Crippen LogP contribution in [0, 0.1) is 5.92 Å². The van der Waals surface area contributed by atoms with E-state index in [0.29, 0.717) is 5.56 Å². The molecule has 0 aliphatic carbocycles. The first-order valence-corrected chi connectivity index (χ1v) is 6.30. The molecule has 5 heteroatoms. The molecule has 1 N–H and O–H groups in total. The molecule has 2 rings (SSSR count). The van der Waals surface area contributed by atoms with Crippen molar-refractivity contribution < 1.29 is 18.0 Å². The zero-order valence-corrected chi connectivity index (χ0v) is 10.6. The van der Waals surface area contributed by atoms with Gasteiger partial charge in [0.15, 0.2) is 0 Å². The second-order valence-corrected chi connectivity index (χ2v) is 4.98. The fraction of sp³-hybridized carbons (Fsp3) is 0.500. The lowest BCUT2D eigenvalue weighted by Gasteiger charge is -2.14. The van der Waals surface area contributed by atoms with E-state index in [1.54, 1.807) is 0 Å². The Bertz CT molecular complexity index is 453. The zero-order valence-electron chi connectivity index (χ0n) is 10.6. The summed E-state index contributed by atoms with van der Waals surface area (Å²) in [5, 5.41) is 3.20. The van der Waals surface area contributed by atoms with Gasteiger partial charge in [-0.2, -0.15) is 13.2 Å². The van der Waals surface area contributed by atoms with Gasteiger partial charge in [0.2, 0.25) is 0 Å². The SMILES string of the molecule is CC1NCCC1C(=O)Cc1ccc(C(F)(F)F)cc1. The first kappa shape index (κ1) is 14.1. The molecule has 1 heterocycles. The lowest BCUT2D eigenvalue weighted by Crippen LogP contribution is -2.29. The molecule has 19 heavy (non-hydrogen) atoms. The van der Waals surface area contributed by atoms with Crippen LogP contribution >= 0.6 is 0 Å². The van der Waals surface area contributed by atoms with Crippen molar-refractivity contribution in [3.05, 3.63) is 35.4 Å². The molecule has 1 aliphatic heterocycles. The molecule has 1 aromatic carbocycles. The Kier molecular flexibility index (Phi) is 3.94. The zero-order chi connectivity index (χ0) is 14.0. The summed E-state index contributed by atoms with van der Waals surface area (Å²) in [7, 11) is 0. The largest absolute Gasteiger partial charge is 0.416 e. The standard InChI is InChI=1S/C14H16F3NO/c1-9-12(6-7-18-9)13(19)8-10-2-4-11(5-3-10)14(15,16)17/h2-5,9,12,18H,6-8H2,1H3. The lowest BCUT2D eigenvalue weighted by atomic mass is 9.92. The van der Waals surface area contributed by atoms with Gasteiger partial charge in [0.05, 0.1) is 5.56 Å². The average molecular weight is 271 g/mol. The first-order chi connectivity index (χ1) is 8.88. The van der Waals surface area contributed by atoms with Crippen LogP contribution in [0.5, 0.6) is 0 Å². The molecule has 0 amide bonds. The van der Waals surface area contributed by atoms with Crippen molar-refractivity contribution in [2.24, 2.45) is 5.92 Å². The first-order valence-electron chi connectivity index (χ1n) is 6.30. The number of nitrogens with one attached hydrogen (secondary N) is 1. The Morgan fingerprint density at radius 3 is 2.42 bits per heavy atom. The molecule has 0 bridgehead atoms. The molecule has 1 aromatic rings. The molecule has 1 fully saturated rings. The summed E-state index contributed by atoms with van der Waals surface area (Å²) >= 11 is 0. The second kappa shape index (κ2) is 5.33. The van der Waals surface area contributed by atoms with E-state index in [-0.39, 0.29) is 24.2 Å². The molecule has 0 aromatic heterocycles. The number of carbonyl (C=O) groups excluding carboxylic acids is 1. The smallest absolute Gasteiger partial charge is 0.314 e. The van der Waals surface area contributed by atoms with Crippen LogP contribution in [0.3, 0.4) is 0 Å². The fourth-order valence-corrected chi connectivity index (χ4v) is 2.44. The topological polar surface area (TPSA) is 29.1 Å². The predicted molar refractivity (Wildman–Crippen MR) is 65.7 cm³/mol. The molecule has 2 nitrogen and oxygen atoms in total. The predicted octanol–water partition coefficient (Wildman–Crippen LogP) is 2.82. The summed E-state index contributed by atoms with van der Waals surface area (Å²) in [5.74, 6) is 0.0690. The van der Waals surface area contributed by atoms with Crippen LogP contribution in [-0.2, 0) is 17.4 Å². The minimum atomic E-state index is -4.33. The number of benzene rings is 1. The Balaban J connectivity index is 2.02. The molecule has 2 unspecified atom stereocenters. The van der Waals surface area contributed by atoms with Crippen LogP contribution < -0.4 is 5.32 Å². The summed E-state index contributed by atoms with van der Waals surface area (Å²) in [6.45, 7) is 2.78. The number of alkyl halides is 3. The number of Topliss-reactive ketones (excluding diaryl/α,β-unsaturated/α-hetero) is 1. The van der Waals surface area contributed by atoms with Crippen molar-refractivity contribution in [2.45, 2.75) is 32.0 Å². The molecule has 104 valence electrons. The minimum absolute atomic E-state index is 0.0257. The molecule has 0 spiro atoms. The number of hydrogen-bond acceptors (Lipinski definition) is 2. The van der Waals surface area contributed by atoms with Crippen molar-refractivity contribution >= 4 is 5.78 Å². The molecule has 0 saturated carbocycles. The van der Waals surface area contributed by atoms with Gasteiger partial charge in [0.1, 0.15) is 5.78 Å². The van der Waals surface area contributed by atoms with Gasteiger partial charge in [-0.15, -0.1) is 0 Å². The van der Waals surface area contributed by atoms with E-state index in [0.717, 1.165) is 25.1 Å². The monoisotopic (exact) mass is 271 g/mol. The lowest BCUT2D eigenvalue weighted by molar-refractivity contribution is -0.137. The Labute approximate surface area is 110 Å². The third-order valence-corrected chi connectivity index (χ3v) is 3.60. The molecular formula is C14H16F3NO. The second-order valence-electron chi connectivity index (χ2n) is 4.98. The van der Waals surface area contributed by atoms with Gasteiger partial charge in [-0.3, -0.25) is 4.79 Å².